The molecule has 1 heteroatoms. The number of fused-ring (bicyclic) bond motifs is 1. The second-order valence-corrected chi connectivity index (χ2v) is 3.93. The summed E-state index contributed by atoms with van der Waals surface area (Å²) < 4.78 is 0. The van der Waals surface area contributed by atoms with Gasteiger partial charge in [0.05, 0.1) is 0 Å². The third kappa shape index (κ3) is 3.50. The first kappa shape index (κ1) is 12.4. The van der Waals surface area contributed by atoms with Crippen LogP contribution in [0.15, 0.2) is 36.4 Å². The number of benzene rings is 2. The van der Waals surface area contributed by atoms with Crippen LogP contribution in [-0.4, -0.2) is 6.29 Å². The Balaban J connectivity index is 0.000000280. The van der Waals surface area contributed by atoms with Crippen molar-refractivity contribution in [2.75, 3.05) is 0 Å². The van der Waals surface area contributed by atoms with E-state index in [1.54, 1.807) is 0 Å². The molecule has 0 radical (unpaired) electrons. The Kier molecular flexibility index (Phi) is 4.71. The zero-order valence-electron chi connectivity index (χ0n) is 10.2. The highest BCUT2D eigenvalue weighted by Gasteiger charge is 1.92. The zero-order valence-corrected chi connectivity index (χ0v) is 10.2. The second kappa shape index (κ2) is 6.06. The summed E-state index contributed by atoms with van der Waals surface area (Å²) in [5.74, 6) is 0. The molecule has 1 nitrogen and oxygen atoms in total. The monoisotopic (exact) mass is 214 g/mol. The van der Waals surface area contributed by atoms with Crippen molar-refractivity contribution in [3.8, 4) is 0 Å². The molecule has 2 rings (SSSR count). The Morgan fingerprint density at radius 3 is 1.62 bits per heavy atom. The summed E-state index contributed by atoms with van der Waals surface area (Å²) in [6.45, 7) is 6.06. The fourth-order valence-corrected chi connectivity index (χ4v) is 1.48. The van der Waals surface area contributed by atoms with Crippen molar-refractivity contribution in [2.45, 2.75) is 27.2 Å². The molecule has 0 aromatic heterocycles. The third-order valence-corrected chi connectivity index (χ3v) is 2.32. The Bertz CT molecular complexity index is 431. The molecule has 16 heavy (non-hydrogen) atoms. The first-order valence-electron chi connectivity index (χ1n) is 5.58. The molecule has 0 bridgehead atoms. The Hall–Kier alpha value is -1.63. The van der Waals surface area contributed by atoms with Crippen LogP contribution in [0.5, 0.6) is 0 Å². The van der Waals surface area contributed by atoms with Gasteiger partial charge in [-0.3, -0.25) is 0 Å². The average molecular weight is 214 g/mol. The van der Waals surface area contributed by atoms with Crippen LogP contribution >= 0.6 is 0 Å². The normalized spacial score (nSPS) is 9.44. The molecule has 2 aromatic carbocycles. The summed E-state index contributed by atoms with van der Waals surface area (Å²) in [4.78, 5) is 9.17. The van der Waals surface area contributed by atoms with Crippen LogP contribution in [0.1, 0.15) is 24.5 Å². The standard InChI is InChI=1S/C12H12.C3H6O/c1-9-3-5-12-8-10(2)4-6-11(12)7-9;1-2-3-4/h3-8H,1-2H3;3H,2H2,1H3. The summed E-state index contributed by atoms with van der Waals surface area (Å²) in [6.07, 6.45) is 1.51. The minimum atomic E-state index is 0.639. The lowest BCUT2D eigenvalue weighted by atomic mass is 10.1. The smallest absolute Gasteiger partial charge is 0.119 e. The number of hydrogen-bond donors (Lipinski definition) is 0. The van der Waals surface area contributed by atoms with Gasteiger partial charge in [0, 0.05) is 6.42 Å². The molecule has 0 aliphatic rings. The number of aryl methyl sites for hydroxylation is 2. The van der Waals surface area contributed by atoms with Crippen LogP contribution in [0.4, 0.5) is 0 Å². The van der Waals surface area contributed by atoms with E-state index in [0.29, 0.717) is 6.42 Å². The van der Waals surface area contributed by atoms with Gasteiger partial charge in [-0.15, -0.1) is 0 Å². The first-order valence-corrected chi connectivity index (χ1v) is 5.58. The summed E-state index contributed by atoms with van der Waals surface area (Å²) in [6, 6.07) is 13.1. The van der Waals surface area contributed by atoms with Crippen LogP contribution in [0, 0.1) is 13.8 Å². The van der Waals surface area contributed by atoms with Gasteiger partial charge < -0.3 is 4.79 Å². The van der Waals surface area contributed by atoms with Crippen LogP contribution in [-0.2, 0) is 4.79 Å². The summed E-state index contributed by atoms with van der Waals surface area (Å²) >= 11 is 0. The minimum Gasteiger partial charge on any atom is -0.303 e. The van der Waals surface area contributed by atoms with E-state index < -0.39 is 0 Å². The predicted octanol–water partition coefficient (Wildman–Crippen LogP) is 4.05. The van der Waals surface area contributed by atoms with Crippen LogP contribution in [0.2, 0.25) is 0 Å². The molecule has 0 atom stereocenters. The molecule has 0 aliphatic carbocycles. The van der Waals surface area contributed by atoms with Gasteiger partial charge in [-0.1, -0.05) is 54.4 Å². The number of hydrogen-bond acceptors (Lipinski definition) is 1. The van der Waals surface area contributed by atoms with E-state index in [-0.39, 0.29) is 0 Å². The molecule has 0 fully saturated rings. The molecule has 0 amide bonds. The molecule has 0 aliphatic heterocycles. The maximum absolute atomic E-state index is 9.17. The minimum absolute atomic E-state index is 0.639. The largest absolute Gasteiger partial charge is 0.303 e. The fraction of sp³-hybridized carbons (Fsp3) is 0.267. The van der Waals surface area contributed by atoms with Crippen molar-refractivity contribution >= 4 is 17.1 Å². The van der Waals surface area contributed by atoms with Crippen molar-refractivity contribution < 1.29 is 4.79 Å². The van der Waals surface area contributed by atoms with Gasteiger partial charge in [0.1, 0.15) is 6.29 Å². The lowest BCUT2D eigenvalue weighted by molar-refractivity contribution is -0.107. The van der Waals surface area contributed by atoms with Gasteiger partial charge in [0.15, 0.2) is 0 Å². The van der Waals surface area contributed by atoms with Crippen LogP contribution in [0.3, 0.4) is 0 Å². The topological polar surface area (TPSA) is 17.1 Å². The van der Waals surface area contributed by atoms with E-state index in [9.17, 15) is 4.79 Å². The van der Waals surface area contributed by atoms with Crippen molar-refractivity contribution in [2.24, 2.45) is 0 Å². The Morgan fingerprint density at radius 1 is 0.938 bits per heavy atom. The third-order valence-electron chi connectivity index (χ3n) is 2.32. The molecule has 0 heterocycles. The molecule has 0 N–H and O–H groups in total. The number of rotatable bonds is 1. The Morgan fingerprint density at radius 2 is 1.31 bits per heavy atom. The van der Waals surface area contributed by atoms with E-state index in [4.69, 9.17) is 0 Å². The van der Waals surface area contributed by atoms with E-state index in [2.05, 4.69) is 50.2 Å². The Labute approximate surface area is 97.1 Å². The number of carbonyl (C=O) groups excluding carboxylic acids is 1. The van der Waals surface area contributed by atoms with Gasteiger partial charge in [-0.25, -0.2) is 0 Å². The lowest BCUT2D eigenvalue weighted by Crippen LogP contribution is -1.76. The van der Waals surface area contributed by atoms with Gasteiger partial charge in [0.25, 0.3) is 0 Å². The predicted molar refractivity (Wildman–Crippen MR) is 69.8 cm³/mol. The van der Waals surface area contributed by atoms with Gasteiger partial charge in [-0.2, -0.15) is 0 Å². The van der Waals surface area contributed by atoms with E-state index in [1.807, 2.05) is 6.92 Å². The van der Waals surface area contributed by atoms with Crippen molar-refractivity contribution in [1.29, 1.82) is 0 Å². The highest BCUT2D eigenvalue weighted by molar-refractivity contribution is 5.83. The lowest BCUT2D eigenvalue weighted by Gasteiger charge is -1.99. The van der Waals surface area contributed by atoms with Crippen molar-refractivity contribution in [3.63, 3.8) is 0 Å². The van der Waals surface area contributed by atoms with E-state index >= 15 is 0 Å². The molecule has 0 saturated heterocycles. The van der Waals surface area contributed by atoms with Crippen molar-refractivity contribution in [3.05, 3.63) is 47.5 Å². The fourth-order valence-electron chi connectivity index (χ4n) is 1.48. The zero-order chi connectivity index (χ0) is 12.0. The molecular weight excluding hydrogens is 196 g/mol. The van der Waals surface area contributed by atoms with Gasteiger partial charge in [0.2, 0.25) is 0 Å². The molecule has 0 unspecified atom stereocenters. The highest BCUT2D eigenvalue weighted by atomic mass is 16.1. The number of aldehydes is 1. The summed E-state index contributed by atoms with van der Waals surface area (Å²) in [5, 5.41) is 2.67. The van der Waals surface area contributed by atoms with Crippen LogP contribution in [0.25, 0.3) is 10.8 Å². The molecule has 84 valence electrons. The average Bonchev–Trinajstić information content (AvgIpc) is 2.30. The maximum atomic E-state index is 9.17. The van der Waals surface area contributed by atoms with E-state index in [0.717, 1.165) is 6.29 Å². The number of carbonyl (C=O) groups is 1. The van der Waals surface area contributed by atoms with E-state index in [1.165, 1.54) is 21.9 Å². The molecular formula is C15H18O. The SMILES string of the molecule is CCC=O.Cc1ccc2cc(C)ccc2c1. The summed E-state index contributed by atoms with van der Waals surface area (Å²) in [7, 11) is 0. The highest BCUT2D eigenvalue weighted by Crippen LogP contribution is 2.16. The molecule has 0 spiro atoms. The van der Waals surface area contributed by atoms with Crippen LogP contribution < -0.4 is 0 Å². The first-order chi connectivity index (χ1) is 7.67. The molecule has 2 aromatic rings. The van der Waals surface area contributed by atoms with Crippen molar-refractivity contribution in [1.82, 2.24) is 0 Å². The maximum Gasteiger partial charge on any atom is 0.119 e. The quantitative estimate of drug-likeness (QED) is 0.654. The summed E-state index contributed by atoms with van der Waals surface area (Å²) in [5.41, 5.74) is 2.65. The van der Waals surface area contributed by atoms with Gasteiger partial charge in [-0.05, 0) is 24.6 Å². The second-order valence-electron chi connectivity index (χ2n) is 3.93. The molecule has 0 saturated carbocycles. The van der Waals surface area contributed by atoms with Gasteiger partial charge >= 0.3 is 0 Å².